The number of carbonyl (C=O) groups excluding carboxylic acids is 1. The van der Waals surface area contributed by atoms with Crippen molar-refractivity contribution in [1.29, 1.82) is 0 Å². The van der Waals surface area contributed by atoms with Gasteiger partial charge in [-0.25, -0.2) is 9.67 Å². The molecule has 2 heterocycles. The molecule has 6 heteroatoms. The van der Waals surface area contributed by atoms with Crippen LogP contribution in [0.1, 0.15) is 48.9 Å². The highest BCUT2D eigenvalue weighted by Crippen LogP contribution is 2.27. The van der Waals surface area contributed by atoms with Crippen LogP contribution in [0, 0.1) is 0 Å². The lowest BCUT2D eigenvalue weighted by molar-refractivity contribution is 0.0420. The van der Waals surface area contributed by atoms with Gasteiger partial charge in [-0.2, -0.15) is 5.10 Å². The molecule has 1 aliphatic carbocycles. The maximum absolute atomic E-state index is 13.3. The molecule has 6 nitrogen and oxygen atoms in total. The van der Waals surface area contributed by atoms with Gasteiger partial charge in [0, 0.05) is 24.8 Å². The first-order valence-electron chi connectivity index (χ1n) is 9.19. The predicted molar refractivity (Wildman–Crippen MR) is 93.6 cm³/mol. The summed E-state index contributed by atoms with van der Waals surface area (Å²) in [7, 11) is 0. The summed E-state index contributed by atoms with van der Waals surface area (Å²) in [6.45, 7) is 1.52. The van der Waals surface area contributed by atoms with Crippen molar-refractivity contribution in [2.24, 2.45) is 0 Å². The Labute approximate surface area is 147 Å². The third-order valence-electron chi connectivity index (χ3n) is 5.23. The molecular weight excluding hydrogens is 316 g/mol. The average molecular weight is 340 g/mol. The summed E-state index contributed by atoms with van der Waals surface area (Å²) in [5.41, 5.74) is 1.56. The van der Waals surface area contributed by atoms with Crippen molar-refractivity contribution >= 4 is 5.91 Å². The van der Waals surface area contributed by atoms with Crippen LogP contribution in [0.4, 0.5) is 0 Å². The molecule has 1 aliphatic heterocycles. The van der Waals surface area contributed by atoms with Crippen molar-refractivity contribution in [2.45, 2.75) is 50.7 Å². The third kappa shape index (κ3) is 3.58. The lowest BCUT2D eigenvalue weighted by Gasteiger charge is -2.31. The van der Waals surface area contributed by atoms with Gasteiger partial charge >= 0.3 is 0 Å². The van der Waals surface area contributed by atoms with E-state index in [-0.39, 0.29) is 12.0 Å². The highest BCUT2D eigenvalue weighted by molar-refractivity contribution is 5.95. The van der Waals surface area contributed by atoms with Gasteiger partial charge in [-0.1, -0.05) is 18.9 Å². The van der Waals surface area contributed by atoms with E-state index in [0.717, 1.165) is 38.0 Å². The molecule has 1 saturated carbocycles. The number of amides is 1. The van der Waals surface area contributed by atoms with Crippen molar-refractivity contribution in [3.05, 3.63) is 42.5 Å². The monoisotopic (exact) mass is 340 g/mol. The highest BCUT2D eigenvalue weighted by Gasteiger charge is 2.31. The van der Waals surface area contributed by atoms with Gasteiger partial charge in [0.15, 0.2) is 0 Å². The standard InChI is InChI=1S/C19H24N4O2/c24-19(15-5-3-8-17(11-15)23-14-20-13-21-23)22(16-6-1-2-7-16)12-18-9-4-10-25-18/h3,5,8,11,13-14,16,18H,1-2,4,6-7,9-10,12H2. The number of nitrogens with zero attached hydrogens (tertiary/aromatic N) is 4. The number of benzene rings is 1. The maximum Gasteiger partial charge on any atom is 0.254 e. The van der Waals surface area contributed by atoms with Crippen LogP contribution in [0.2, 0.25) is 0 Å². The number of aromatic nitrogens is 3. The van der Waals surface area contributed by atoms with Gasteiger partial charge in [-0.15, -0.1) is 0 Å². The summed E-state index contributed by atoms with van der Waals surface area (Å²) in [4.78, 5) is 19.3. The predicted octanol–water partition coefficient (Wildman–Crippen LogP) is 2.83. The number of rotatable bonds is 5. The van der Waals surface area contributed by atoms with E-state index in [1.807, 2.05) is 24.3 Å². The van der Waals surface area contributed by atoms with E-state index in [1.54, 1.807) is 11.0 Å². The molecule has 25 heavy (non-hydrogen) atoms. The minimum absolute atomic E-state index is 0.101. The Bertz CT molecular complexity index is 704. The fourth-order valence-corrected chi connectivity index (χ4v) is 3.91. The first-order valence-corrected chi connectivity index (χ1v) is 9.19. The van der Waals surface area contributed by atoms with Gasteiger partial charge in [0.25, 0.3) is 5.91 Å². The zero-order valence-corrected chi connectivity index (χ0v) is 14.4. The van der Waals surface area contributed by atoms with Gasteiger partial charge in [-0.05, 0) is 43.9 Å². The van der Waals surface area contributed by atoms with E-state index in [9.17, 15) is 4.79 Å². The largest absolute Gasteiger partial charge is 0.376 e. The average Bonchev–Trinajstić information content (AvgIpc) is 3.42. The van der Waals surface area contributed by atoms with Gasteiger partial charge in [0.05, 0.1) is 11.8 Å². The zero-order chi connectivity index (χ0) is 17.1. The minimum atomic E-state index is 0.101. The molecule has 132 valence electrons. The normalized spacial score (nSPS) is 20.9. The molecule has 1 amide bonds. The fraction of sp³-hybridized carbons (Fsp3) is 0.526. The Morgan fingerprint density at radius 2 is 2.12 bits per heavy atom. The Morgan fingerprint density at radius 3 is 2.84 bits per heavy atom. The Hall–Kier alpha value is -2.21. The number of hydrogen-bond donors (Lipinski definition) is 0. The van der Waals surface area contributed by atoms with Gasteiger partial charge in [-0.3, -0.25) is 4.79 Å². The second-order valence-corrected chi connectivity index (χ2v) is 6.92. The third-order valence-corrected chi connectivity index (χ3v) is 5.23. The van der Waals surface area contributed by atoms with E-state index in [0.29, 0.717) is 18.2 Å². The molecule has 1 aromatic heterocycles. The second-order valence-electron chi connectivity index (χ2n) is 6.92. The second kappa shape index (κ2) is 7.35. The molecule has 0 N–H and O–H groups in total. The summed E-state index contributed by atoms with van der Waals surface area (Å²) < 4.78 is 7.47. The van der Waals surface area contributed by atoms with Crippen molar-refractivity contribution in [3.8, 4) is 5.69 Å². The van der Waals surface area contributed by atoms with Crippen LogP contribution >= 0.6 is 0 Å². The van der Waals surface area contributed by atoms with Crippen molar-refractivity contribution < 1.29 is 9.53 Å². The van der Waals surface area contributed by atoms with Crippen LogP contribution in [-0.4, -0.2) is 50.9 Å². The minimum Gasteiger partial charge on any atom is -0.376 e. The van der Waals surface area contributed by atoms with E-state index < -0.39 is 0 Å². The quantitative estimate of drug-likeness (QED) is 0.840. The van der Waals surface area contributed by atoms with Crippen LogP contribution in [-0.2, 0) is 4.74 Å². The molecule has 2 aliphatic rings. The Morgan fingerprint density at radius 1 is 1.24 bits per heavy atom. The zero-order valence-electron chi connectivity index (χ0n) is 14.4. The van der Waals surface area contributed by atoms with E-state index >= 15 is 0 Å². The van der Waals surface area contributed by atoms with Crippen LogP contribution < -0.4 is 0 Å². The molecule has 0 spiro atoms. The van der Waals surface area contributed by atoms with Crippen LogP contribution in [0.25, 0.3) is 5.69 Å². The van der Waals surface area contributed by atoms with Crippen molar-refractivity contribution in [1.82, 2.24) is 19.7 Å². The molecule has 1 aromatic carbocycles. The molecule has 4 rings (SSSR count). The maximum atomic E-state index is 13.3. The SMILES string of the molecule is O=C(c1cccc(-n2cncn2)c1)N(CC1CCCO1)C1CCCC1. The summed E-state index contributed by atoms with van der Waals surface area (Å²) in [5, 5.41) is 4.15. The summed E-state index contributed by atoms with van der Waals surface area (Å²) >= 11 is 0. The van der Waals surface area contributed by atoms with Crippen molar-refractivity contribution in [3.63, 3.8) is 0 Å². The first-order chi connectivity index (χ1) is 12.3. The molecule has 1 saturated heterocycles. The number of hydrogen-bond acceptors (Lipinski definition) is 4. The van der Waals surface area contributed by atoms with Crippen LogP contribution in [0.15, 0.2) is 36.9 Å². The lowest BCUT2D eigenvalue weighted by Crippen LogP contribution is -2.43. The molecule has 1 atom stereocenters. The summed E-state index contributed by atoms with van der Waals surface area (Å²) in [6.07, 6.45) is 10.1. The highest BCUT2D eigenvalue weighted by atomic mass is 16.5. The number of ether oxygens (including phenoxy) is 1. The van der Waals surface area contributed by atoms with E-state index in [2.05, 4.69) is 15.0 Å². The molecule has 2 fully saturated rings. The molecule has 1 unspecified atom stereocenters. The number of carbonyl (C=O) groups is 1. The van der Waals surface area contributed by atoms with E-state index in [4.69, 9.17) is 4.74 Å². The smallest absolute Gasteiger partial charge is 0.254 e. The van der Waals surface area contributed by atoms with Crippen LogP contribution in [0.3, 0.4) is 0 Å². The van der Waals surface area contributed by atoms with Crippen molar-refractivity contribution in [2.75, 3.05) is 13.2 Å². The summed E-state index contributed by atoms with van der Waals surface area (Å²) in [5.74, 6) is 0.101. The Kier molecular flexibility index (Phi) is 4.78. The topological polar surface area (TPSA) is 60.2 Å². The Balaban J connectivity index is 1.57. The summed E-state index contributed by atoms with van der Waals surface area (Å²) in [6, 6.07) is 7.97. The molecular formula is C19H24N4O2. The fourth-order valence-electron chi connectivity index (χ4n) is 3.91. The first kappa shape index (κ1) is 16.3. The van der Waals surface area contributed by atoms with Crippen LogP contribution in [0.5, 0.6) is 0 Å². The van der Waals surface area contributed by atoms with Gasteiger partial charge in [0.2, 0.25) is 0 Å². The molecule has 0 radical (unpaired) electrons. The van der Waals surface area contributed by atoms with E-state index in [1.165, 1.54) is 19.2 Å². The lowest BCUT2D eigenvalue weighted by atomic mass is 10.1. The molecule has 2 aromatic rings. The molecule has 0 bridgehead atoms. The van der Waals surface area contributed by atoms with Gasteiger partial charge in [0.1, 0.15) is 12.7 Å². The van der Waals surface area contributed by atoms with Gasteiger partial charge < -0.3 is 9.64 Å².